The van der Waals surface area contributed by atoms with E-state index in [9.17, 15) is 9.59 Å². The van der Waals surface area contributed by atoms with Crippen LogP contribution in [0, 0.1) is 0 Å². The largest absolute Gasteiger partial charge is 0.497 e. The lowest BCUT2D eigenvalue weighted by Crippen LogP contribution is -2.09. The Bertz CT molecular complexity index is 443. The Labute approximate surface area is 99.8 Å². The number of carbonyl (C=O) groups is 2. The molecule has 0 aromatic heterocycles. The standard InChI is InChI=1S/C13H14O4/c1-9(13(15)17-10(2)14)8-11-4-6-12(16-3)7-5-11/h4-8H,1-3H3. The van der Waals surface area contributed by atoms with E-state index in [4.69, 9.17) is 4.74 Å². The van der Waals surface area contributed by atoms with Gasteiger partial charge in [0.25, 0.3) is 0 Å². The minimum Gasteiger partial charge on any atom is -0.497 e. The van der Waals surface area contributed by atoms with Gasteiger partial charge < -0.3 is 9.47 Å². The van der Waals surface area contributed by atoms with Crippen molar-refractivity contribution in [3.8, 4) is 5.75 Å². The van der Waals surface area contributed by atoms with E-state index in [0.29, 0.717) is 5.57 Å². The van der Waals surface area contributed by atoms with Gasteiger partial charge in [-0.3, -0.25) is 4.79 Å². The maximum atomic E-state index is 11.3. The van der Waals surface area contributed by atoms with Gasteiger partial charge in [-0.15, -0.1) is 0 Å². The van der Waals surface area contributed by atoms with Crippen molar-refractivity contribution in [3.63, 3.8) is 0 Å². The van der Waals surface area contributed by atoms with Crippen LogP contribution in [0.2, 0.25) is 0 Å². The van der Waals surface area contributed by atoms with Crippen LogP contribution in [0.4, 0.5) is 0 Å². The van der Waals surface area contributed by atoms with Gasteiger partial charge in [-0.25, -0.2) is 4.79 Å². The highest BCUT2D eigenvalue weighted by atomic mass is 16.6. The van der Waals surface area contributed by atoms with Gasteiger partial charge >= 0.3 is 11.9 Å². The number of ether oxygens (including phenoxy) is 2. The molecule has 1 aromatic rings. The summed E-state index contributed by atoms with van der Waals surface area (Å²) in [6, 6.07) is 7.19. The molecule has 0 aliphatic rings. The Balaban J connectivity index is 2.79. The van der Waals surface area contributed by atoms with E-state index in [1.54, 1.807) is 32.2 Å². The lowest BCUT2D eigenvalue weighted by Gasteiger charge is -2.02. The van der Waals surface area contributed by atoms with E-state index in [2.05, 4.69) is 4.74 Å². The van der Waals surface area contributed by atoms with E-state index in [0.717, 1.165) is 11.3 Å². The number of hydrogen-bond donors (Lipinski definition) is 0. The van der Waals surface area contributed by atoms with Crippen molar-refractivity contribution in [1.82, 2.24) is 0 Å². The van der Waals surface area contributed by atoms with Crippen LogP contribution < -0.4 is 4.74 Å². The van der Waals surface area contributed by atoms with E-state index >= 15 is 0 Å². The highest BCUT2D eigenvalue weighted by Crippen LogP contribution is 2.14. The van der Waals surface area contributed by atoms with Crippen LogP contribution in [-0.2, 0) is 14.3 Å². The highest BCUT2D eigenvalue weighted by Gasteiger charge is 2.08. The molecule has 0 aliphatic carbocycles. The van der Waals surface area contributed by atoms with E-state index in [1.165, 1.54) is 6.92 Å². The summed E-state index contributed by atoms with van der Waals surface area (Å²) in [5.74, 6) is -0.503. The molecule has 0 saturated carbocycles. The monoisotopic (exact) mass is 234 g/mol. The maximum Gasteiger partial charge on any atom is 0.341 e. The molecule has 0 amide bonds. The summed E-state index contributed by atoms with van der Waals surface area (Å²) in [7, 11) is 1.58. The zero-order valence-corrected chi connectivity index (χ0v) is 10.0. The minimum absolute atomic E-state index is 0.366. The van der Waals surface area contributed by atoms with Gasteiger partial charge in [0.05, 0.1) is 7.11 Å². The third-order valence-corrected chi connectivity index (χ3v) is 2.06. The van der Waals surface area contributed by atoms with Gasteiger partial charge in [-0.1, -0.05) is 12.1 Å². The molecule has 0 aliphatic heterocycles. The number of benzene rings is 1. The quantitative estimate of drug-likeness (QED) is 0.457. The van der Waals surface area contributed by atoms with Crippen molar-refractivity contribution in [2.24, 2.45) is 0 Å². The Morgan fingerprint density at radius 1 is 1.12 bits per heavy atom. The van der Waals surface area contributed by atoms with Crippen LogP contribution in [0.3, 0.4) is 0 Å². The lowest BCUT2D eigenvalue weighted by molar-refractivity contribution is -0.155. The van der Waals surface area contributed by atoms with Crippen molar-refractivity contribution < 1.29 is 19.1 Å². The first-order valence-corrected chi connectivity index (χ1v) is 5.08. The van der Waals surface area contributed by atoms with Gasteiger partial charge in [0.15, 0.2) is 0 Å². The number of methoxy groups -OCH3 is 1. The molecule has 0 N–H and O–H groups in total. The highest BCUT2D eigenvalue weighted by molar-refractivity contribution is 5.98. The Kier molecular flexibility index (Phi) is 4.46. The van der Waals surface area contributed by atoms with E-state index in [-0.39, 0.29) is 0 Å². The van der Waals surface area contributed by atoms with Gasteiger partial charge in [-0.2, -0.15) is 0 Å². The molecular weight excluding hydrogens is 220 g/mol. The fraction of sp³-hybridized carbons (Fsp3) is 0.231. The number of rotatable bonds is 3. The summed E-state index contributed by atoms with van der Waals surface area (Å²) in [6.07, 6.45) is 1.64. The van der Waals surface area contributed by atoms with Gasteiger partial charge in [0.1, 0.15) is 5.75 Å². The zero-order valence-electron chi connectivity index (χ0n) is 10.0. The topological polar surface area (TPSA) is 52.6 Å². The molecule has 1 aromatic carbocycles. The van der Waals surface area contributed by atoms with E-state index < -0.39 is 11.9 Å². The predicted octanol–water partition coefficient (Wildman–Crippen LogP) is 2.19. The summed E-state index contributed by atoms with van der Waals surface area (Å²) >= 11 is 0. The van der Waals surface area contributed by atoms with Crippen molar-refractivity contribution in [1.29, 1.82) is 0 Å². The normalized spacial score (nSPS) is 10.9. The first kappa shape index (κ1) is 13.0. The lowest BCUT2D eigenvalue weighted by atomic mass is 10.1. The molecule has 17 heavy (non-hydrogen) atoms. The molecular formula is C13H14O4. The maximum absolute atomic E-state index is 11.3. The molecule has 1 rings (SSSR count). The molecule has 0 bridgehead atoms. The van der Waals surface area contributed by atoms with E-state index in [1.807, 2.05) is 12.1 Å². The SMILES string of the molecule is COc1ccc(C=C(C)C(=O)OC(C)=O)cc1. The molecule has 0 radical (unpaired) electrons. The zero-order chi connectivity index (χ0) is 12.8. The average Bonchev–Trinajstić information content (AvgIpc) is 2.29. The third kappa shape index (κ3) is 4.10. The Hall–Kier alpha value is -2.10. The fourth-order valence-electron chi connectivity index (χ4n) is 1.22. The van der Waals surface area contributed by atoms with Crippen LogP contribution in [0.1, 0.15) is 19.4 Å². The smallest absolute Gasteiger partial charge is 0.341 e. The molecule has 4 nitrogen and oxygen atoms in total. The van der Waals surface area contributed by atoms with Gasteiger partial charge in [0, 0.05) is 12.5 Å². The molecule has 0 fully saturated rings. The fourth-order valence-corrected chi connectivity index (χ4v) is 1.22. The second-order valence-corrected chi connectivity index (χ2v) is 3.48. The molecule has 0 atom stereocenters. The first-order chi connectivity index (χ1) is 8.02. The summed E-state index contributed by atoms with van der Waals surface area (Å²) < 4.78 is 9.48. The molecule has 0 heterocycles. The second-order valence-electron chi connectivity index (χ2n) is 3.48. The average molecular weight is 234 g/mol. The van der Waals surface area contributed by atoms with Crippen molar-refractivity contribution >= 4 is 18.0 Å². The third-order valence-electron chi connectivity index (χ3n) is 2.06. The van der Waals surface area contributed by atoms with Crippen molar-refractivity contribution in [2.45, 2.75) is 13.8 Å². The molecule has 0 spiro atoms. The summed E-state index contributed by atoms with van der Waals surface area (Å²) in [6.45, 7) is 2.79. The molecule has 90 valence electrons. The van der Waals surface area contributed by atoms with Gasteiger partial charge in [0.2, 0.25) is 0 Å². The minimum atomic E-state index is -0.631. The molecule has 0 unspecified atom stereocenters. The van der Waals surface area contributed by atoms with Crippen molar-refractivity contribution in [3.05, 3.63) is 35.4 Å². The Morgan fingerprint density at radius 2 is 1.71 bits per heavy atom. The predicted molar refractivity (Wildman–Crippen MR) is 63.4 cm³/mol. The van der Waals surface area contributed by atoms with Crippen LogP contribution in [0.15, 0.2) is 29.8 Å². The first-order valence-electron chi connectivity index (χ1n) is 5.08. The summed E-state index contributed by atoms with van der Waals surface area (Å²) in [5, 5.41) is 0. The number of carbonyl (C=O) groups excluding carboxylic acids is 2. The second kappa shape index (κ2) is 5.84. The summed E-state index contributed by atoms with van der Waals surface area (Å²) in [4.78, 5) is 22.0. The molecule has 0 saturated heterocycles. The molecule has 4 heteroatoms. The number of esters is 2. The number of hydrogen-bond acceptors (Lipinski definition) is 4. The summed E-state index contributed by atoms with van der Waals surface area (Å²) in [5.41, 5.74) is 1.20. The van der Waals surface area contributed by atoms with Crippen LogP contribution in [0.5, 0.6) is 5.75 Å². The van der Waals surface area contributed by atoms with Crippen LogP contribution >= 0.6 is 0 Å². The van der Waals surface area contributed by atoms with Crippen LogP contribution in [-0.4, -0.2) is 19.0 Å². The van der Waals surface area contributed by atoms with Crippen LogP contribution in [0.25, 0.3) is 6.08 Å². The van der Waals surface area contributed by atoms with Crippen molar-refractivity contribution in [2.75, 3.05) is 7.11 Å². The van der Waals surface area contributed by atoms with Gasteiger partial charge in [-0.05, 0) is 30.7 Å². The Morgan fingerprint density at radius 3 is 2.18 bits per heavy atom.